The van der Waals surface area contributed by atoms with Gasteiger partial charge in [-0.1, -0.05) is 12.1 Å². The van der Waals surface area contributed by atoms with Crippen LogP contribution in [0.5, 0.6) is 0 Å². The van der Waals surface area contributed by atoms with Crippen molar-refractivity contribution >= 4 is 33.4 Å². The van der Waals surface area contributed by atoms with E-state index in [1.807, 2.05) is 0 Å². The second-order valence-corrected chi connectivity index (χ2v) is 7.07. The van der Waals surface area contributed by atoms with Gasteiger partial charge in [0, 0.05) is 23.1 Å². The quantitative estimate of drug-likeness (QED) is 0.505. The van der Waals surface area contributed by atoms with Gasteiger partial charge in [-0.2, -0.15) is 0 Å². The first-order valence-corrected chi connectivity index (χ1v) is 9.64. The average molecular weight is 410 g/mol. The predicted molar refractivity (Wildman–Crippen MR) is 110 cm³/mol. The van der Waals surface area contributed by atoms with Crippen molar-refractivity contribution in [3.63, 3.8) is 0 Å². The van der Waals surface area contributed by atoms with Crippen LogP contribution in [-0.4, -0.2) is 20.4 Å². The molecule has 0 atom stereocenters. The zero-order chi connectivity index (χ0) is 20.5. The van der Waals surface area contributed by atoms with Crippen molar-refractivity contribution < 1.29 is 9.18 Å². The minimum absolute atomic E-state index is 0.289. The number of nitrogens with one attached hydrogen (secondary N) is 2. The standard InChI is InChI=1S/C20H15FN4O3S/c1-2-25-16-8-7-11(9-14(16)22-18(27)19(25)28)17(26)24-20-23-15(10-29-20)12-5-3-4-6-13(12)21/h3-10H,2H2,1H3,(H,22,27)(H,23,24,26). The van der Waals surface area contributed by atoms with Crippen molar-refractivity contribution in [1.82, 2.24) is 14.5 Å². The third kappa shape index (κ3) is 3.47. The highest BCUT2D eigenvalue weighted by atomic mass is 32.1. The Labute approximate surface area is 167 Å². The summed E-state index contributed by atoms with van der Waals surface area (Å²) in [6.45, 7) is 2.10. The van der Waals surface area contributed by atoms with E-state index in [0.717, 1.165) is 0 Å². The van der Waals surface area contributed by atoms with Gasteiger partial charge in [-0.25, -0.2) is 9.37 Å². The summed E-state index contributed by atoms with van der Waals surface area (Å²) >= 11 is 1.18. The Kier molecular flexibility index (Phi) is 4.81. The lowest BCUT2D eigenvalue weighted by atomic mass is 10.1. The molecule has 0 bridgehead atoms. The van der Waals surface area contributed by atoms with Crippen LogP contribution in [0.15, 0.2) is 57.4 Å². The Morgan fingerprint density at radius 2 is 2.03 bits per heavy atom. The number of fused-ring (bicyclic) bond motifs is 1. The summed E-state index contributed by atoms with van der Waals surface area (Å²) in [5.41, 5.74) is 0.604. The smallest absolute Gasteiger partial charge is 0.316 e. The maximum absolute atomic E-state index is 13.9. The zero-order valence-electron chi connectivity index (χ0n) is 15.2. The third-order valence-corrected chi connectivity index (χ3v) is 5.19. The molecule has 0 fully saturated rings. The molecule has 0 aliphatic rings. The fourth-order valence-electron chi connectivity index (χ4n) is 3.03. The molecule has 0 saturated heterocycles. The normalized spacial score (nSPS) is 11.0. The zero-order valence-corrected chi connectivity index (χ0v) is 16.0. The second-order valence-electron chi connectivity index (χ2n) is 6.21. The van der Waals surface area contributed by atoms with Crippen LogP contribution in [0.3, 0.4) is 0 Å². The first kappa shape index (κ1) is 18.8. The number of H-pyrrole nitrogens is 1. The Bertz CT molecular complexity index is 1360. The number of hydrogen-bond acceptors (Lipinski definition) is 5. The highest BCUT2D eigenvalue weighted by Crippen LogP contribution is 2.27. The van der Waals surface area contributed by atoms with Crippen molar-refractivity contribution in [1.29, 1.82) is 0 Å². The fourth-order valence-corrected chi connectivity index (χ4v) is 3.73. The summed E-state index contributed by atoms with van der Waals surface area (Å²) in [7, 11) is 0. The van der Waals surface area contributed by atoms with Gasteiger partial charge in [-0.3, -0.25) is 19.7 Å². The van der Waals surface area contributed by atoms with E-state index in [0.29, 0.717) is 34.0 Å². The number of amides is 1. The van der Waals surface area contributed by atoms with Gasteiger partial charge < -0.3 is 9.55 Å². The summed E-state index contributed by atoms with van der Waals surface area (Å²) in [6, 6.07) is 10.9. The predicted octanol–water partition coefficient (Wildman–Crippen LogP) is 3.22. The van der Waals surface area contributed by atoms with Gasteiger partial charge in [-0.05, 0) is 37.3 Å². The lowest BCUT2D eigenvalue weighted by molar-refractivity contribution is 0.102. The fraction of sp³-hybridized carbons (Fsp3) is 0.100. The van der Waals surface area contributed by atoms with Crippen molar-refractivity contribution in [3.8, 4) is 11.3 Å². The van der Waals surface area contributed by atoms with Gasteiger partial charge >= 0.3 is 11.1 Å². The number of anilines is 1. The molecule has 4 rings (SSSR count). The largest absolute Gasteiger partial charge is 0.316 e. The summed E-state index contributed by atoms with van der Waals surface area (Å²) < 4.78 is 15.3. The van der Waals surface area contributed by atoms with E-state index in [9.17, 15) is 18.8 Å². The minimum Gasteiger partial charge on any atom is -0.316 e. The van der Waals surface area contributed by atoms with Crippen LogP contribution in [0.2, 0.25) is 0 Å². The van der Waals surface area contributed by atoms with E-state index >= 15 is 0 Å². The van der Waals surface area contributed by atoms with E-state index in [2.05, 4.69) is 15.3 Å². The van der Waals surface area contributed by atoms with Crippen LogP contribution >= 0.6 is 11.3 Å². The number of thiazole rings is 1. The maximum atomic E-state index is 13.9. The Balaban J connectivity index is 1.63. The Morgan fingerprint density at radius 1 is 1.24 bits per heavy atom. The minimum atomic E-state index is -0.744. The molecule has 0 unspecified atom stereocenters. The molecule has 0 spiro atoms. The molecule has 29 heavy (non-hydrogen) atoms. The SMILES string of the molecule is CCn1c(=O)c(=O)[nH]c2cc(C(=O)Nc3nc(-c4ccccc4F)cs3)ccc21. The molecule has 2 N–H and O–H groups in total. The maximum Gasteiger partial charge on any atom is 0.316 e. The van der Waals surface area contributed by atoms with Crippen LogP contribution in [-0.2, 0) is 6.54 Å². The molecule has 0 radical (unpaired) electrons. The molecule has 2 aromatic heterocycles. The van der Waals surface area contributed by atoms with Crippen LogP contribution in [0.1, 0.15) is 17.3 Å². The van der Waals surface area contributed by atoms with Crippen molar-refractivity contribution in [2.24, 2.45) is 0 Å². The molecule has 146 valence electrons. The summed E-state index contributed by atoms with van der Waals surface area (Å²) in [4.78, 5) is 43.1. The van der Waals surface area contributed by atoms with E-state index < -0.39 is 22.8 Å². The van der Waals surface area contributed by atoms with Gasteiger partial charge in [0.2, 0.25) is 0 Å². The molecular weight excluding hydrogens is 395 g/mol. The third-order valence-electron chi connectivity index (χ3n) is 4.43. The highest BCUT2D eigenvalue weighted by Gasteiger charge is 2.14. The van der Waals surface area contributed by atoms with Gasteiger partial charge in [0.05, 0.1) is 16.7 Å². The van der Waals surface area contributed by atoms with Crippen LogP contribution in [0.25, 0.3) is 22.3 Å². The monoisotopic (exact) mass is 410 g/mol. The first-order valence-electron chi connectivity index (χ1n) is 8.76. The average Bonchev–Trinajstić information content (AvgIpc) is 3.17. The molecule has 4 aromatic rings. The lowest BCUT2D eigenvalue weighted by Crippen LogP contribution is -2.36. The van der Waals surface area contributed by atoms with E-state index in [-0.39, 0.29) is 5.56 Å². The summed E-state index contributed by atoms with van der Waals surface area (Å²) in [5.74, 6) is -0.826. The van der Waals surface area contributed by atoms with E-state index in [1.54, 1.807) is 42.6 Å². The molecule has 1 amide bonds. The number of hydrogen-bond donors (Lipinski definition) is 2. The van der Waals surface area contributed by atoms with Gasteiger partial charge in [-0.15, -0.1) is 11.3 Å². The number of aromatic amines is 1. The Hall–Kier alpha value is -3.59. The van der Waals surface area contributed by atoms with Gasteiger partial charge in [0.1, 0.15) is 5.82 Å². The molecule has 9 heteroatoms. The molecule has 0 aliphatic carbocycles. The number of aryl methyl sites for hydroxylation is 1. The number of carbonyl (C=O) groups is 1. The number of aromatic nitrogens is 3. The Morgan fingerprint density at radius 3 is 2.79 bits per heavy atom. The van der Waals surface area contributed by atoms with Crippen molar-refractivity contribution in [2.45, 2.75) is 13.5 Å². The van der Waals surface area contributed by atoms with E-state index in [4.69, 9.17) is 0 Å². The molecule has 7 nitrogen and oxygen atoms in total. The van der Waals surface area contributed by atoms with Crippen molar-refractivity contribution in [3.05, 3.63) is 79.9 Å². The number of halogens is 1. The van der Waals surface area contributed by atoms with Crippen LogP contribution < -0.4 is 16.4 Å². The molecular formula is C20H15FN4O3S. The number of benzene rings is 2. The molecule has 0 saturated carbocycles. The highest BCUT2D eigenvalue weighted by molar-refractivity contribution is 7.14. The van der Waals surface area contributed by atoms with Crippen LogP contribution in [0, 0.1) is 5.82 Å². The topological polar surface area (TPSA) is 96.9 Å². The number of nitrogens with zero attached hydrogens (tertiary/aromatic N) is 2. The number of rotatable bonds is 4. The van der Waals surface area contributed by atoms with E-state index in [1.165, 1.54) is 28.0 Å². The summed E-state index contributed by atoms with van der Waals surface area (Å²) in [5, 5.41) is 4.65. The second kappa shape index (κ2) is 7.44. The number of carbonyl (C=O) groups excluding carboxylic acids is 1. The molecule has 2 heterocycles. The van der Waals surface area contributed by atoms with Crippen molar-refractivity contribution in [2.75, 3.05) is 5.32 Å². The lowest BCUT2D eigenvalue weighted by Gasteiger charge is -2.08. The first-order chi connectivity index (χ1) is 14.0. The molecule has 0 aliphatic heterocycles. The van der Waals surface area contributed by atoms with Gasteiger partial charge in [0.25, 0.3) is 5.91 Å². The van der Waals surface area contributed by atoms with Crippen LogP contribution in [0.4, 0.5) is 9.52 Å². The summed E-state index contributed by atoms with van der Waals surface area (Å²) in [6.07, 6.45) is 0. The molecule has 2 aromatic carbocycles. The van der Waals surface area contributed by atoms with Gasteiger partial charge in [0.15, 0.2) is 5.13 Å².